The van der Waals surface area contributed by atoms with Crippen molar-refractivity contribution in [3.8, 4) is 11.1 Å². The molecule has 0 aliphatic heterocycles. The summed E-state index contributed by atoms with van der Waals surface area (Å²) in [6, 6.07) is 0.180. The predicted molar refractivity (Wildman–Crippen MR) is 88.8 cm³/mol. The van der Waals surface area contributed by atoms with Crippen LogP contribution in [0.2, 0.25) is 0 Å². The molecule has 3 heterocycles. The summed E-state index contributed by atoms with van der Waals surface area (Å²) >= 11 is 5.54. The van der Waals surface area contributed by atoms with E-state index in [4.69, 9.17) is 11.6 Å². The topological polar surface area (TPSA) is 74.2 Å². The van der Waals surface area contributed by atoms with Crippen LogP contribution in [0, 0.1) is 0 Å². The number of hydrogen-bond acceptors (Lipinski definition) is 4. The van der Waals surface area contributed by atoms with Crippen molar-refractivity contribution in [1.29, 1.82) is 0 Å². The minimum Gasteiger partial charge on any atom is -0.269 e. The van der Waals surface area contributed by atoms with E-state index in [2.05, 4.69) is 10.1 Å². The third kappa shape index (κ3) is 4.00. The van der Waals surface area contributed by atoms with Crippen molar-refractivity contribution in [3.63, 3.8) is 0 Å². The van der Waals surface area contributed by atoms with Crippen molar-refractivity contribution in [2.75, 3.05) is 0 Å². The molecule has 0 saturated carbocycles. The third-order valence-electron chi connectivity index (χ3n) is 4.06. The van der Waals surface area contributed by atoms with Crippen LogP contribution in [-0.2, 0) is 18.7 Å². The van der Waals surface area contributed by atoms with Crippen LogP contribution in [-0.4, -0.2) is 35.8 Å². The van der Waals surface area contributed by atoms with Gasteiger partial charge in [-0.1, -0.05) is 0 Å². The molecule has 7 nitrogen and oxygen atoms in total. The van der Waals surface area contributed by atoms with Gasteiger partial charge in [-0.05, 0) is 0 Å². The molecule has 3 aromatic rings. The summed E-state index contributed by atoms with van der Waals surface area (Å²) in [5, 5.41) is 3.20. The van der Waals surface area contributed by atoms with Gasteiger partial charge < -0.3 is 0 Å². The molecule has 0 saturated heterocycles. The van der Waals surface area contributed by atoms with E-state index in [-0.39, 0.29) is 4.68 Å². The number of hydrogen-bond donors (Lipinski definition) is 0. The second-order valence-corrected chi connectivity index (χ2v) is 6.38. The lowest BCUT2D eigenvalue weighted by Gasteiger charge is -2.19. The van der Waals surface area contributed by atoms with Gasteiger partial charge in [0.15, 0.2) is 5.69 Å². The SMILES string of the molecule is O=c1ccn2c(=O)c(-c3cnn(CC(F)(F)C(F)(F)F)c3)c(C(F)(F)F)nc2n1CCl. The summed E-state index contributed by atoms with van der Waals surface area (Å²) in [5.41, 5.74) is -5.90. The van der Waals surface area contributed by atoms with Crippen LogP contribution in [0.5, 0.6) is 0 Å². The van der Waals surface area contributed by atoms with Crippen molar-refractivity contribution in [1.82, 2.24) is 23.7 Å². The van der Waals surface area contributed by atoms with Crippen LogP contribution < -0.4 is 11.1 Å². The minimum absolute atomic E-state index is 0.0525. The molecule has 0 bridgehead atoms. The van der Waals surface area contributed by atoms with Gasteiger partial charge in [-0.25, -0.2) is 4.98 Å². The highest BCUT2D eigenvalue weighted by molar-refractivity contribution is 6.15. The Morgan fingerprint density at radius 2 is 1.68 bits per heavy atom. The number of alkyl halides is 9. The van der Waals surface area contributed by atoms with E-state index >= 15 is 0 Å². The Balaban J connectivity index is 2.25. The number of halogens is 9. The molecule has 0 radical (unpaired) electrons. The van der Waals surface area contributed by atoms with Crippen molar-refractivity contribution in [2.45, 2.75) is 30.8 Å². The Hall–Kier alpha value is -2.97. The largest absolute Gasteiger partial charge is 0.455 e. The lowest BCUT2D eigenvalue weighted by molar-refractivity contribution is -0.287. The zero-order chi connectivity index (χ0) is 23.4. The first-order chi connectivity index (χ1) is 14.2. The highest BCUT2D eigenvalue weighted by Gasteiger charge is 2.57. The van der Waals surface area contributed by atoms with Gasteiger partial charge in [-0.2, -0.15) is 40.2 Å². The van der Waals surface area contributed by atoms with Crippen molar-refractivity contribution in [2.24, 2.45) is 0 Å². The Morgan fingerprint density at radius 3 is 2.23 bits per heavy atom. The van der Waals surface area contributed by atoms with E-state index in [1.165, 1.54) is 0 Å². The first-order valence-electron chi connectivity index (χ1n) is 7.94. The Bertz CT molecular complexity index is 1260. The number of rotatable bonds is 4. The fraction of sp³-hybridized carbons (Fsp3) is 0.333. The molecule has 0 aromatic carbocycles. The number of nitrogens with zero attached hydrogens (tertiary/aromatic N) is 5. The monoisotopic (exact) mass is 477 g/mol. The molecule has 0 aliphatic carbocycles. The van der Waals surface area contributed by atoms with E-state index in [1.54, 1.807) is 0 Å². The second kappa shape index (κ2) is 7.32. The Kier molecular flexibility index (Phi) is 5.36. The van der Waals surface area contributed by atoms with Crippen LogP contribution in [0.1, 0.15) is 5.69 Å². The highest BCUT2D eigenvalue weighted by atomic mass is 35.5. The van der Waals surface area contributed by atoms with Gasteiger partial charge in [-0.3, -0.25) is 23.2 Å². The summed E-state index contributed by atoms with van der Waals surface area (Å²) in [7, 11) is 0. The summed E-state index contributed by atoms with van der Waals surface area (Å²) in [6.07, 6.45) is -9.42. The molecule has 0 fully saturated rings. The highest BCUT2D eigenvalue weighted by Crippen LogP contribution is 2.37. The molecular formula is C15H8ClF8N5O2. The molecule has 0 N–H and O–H groups in total. The Labute approximate surface area is 170 Å². The first-order valence-corrected chi connectivity index (χ1v) is 8.47. The molecule has 168 valence electrons. The van der Waals surface area contributed by atoms with Crippen LogP contribution >= 0.6 is 11.6 Å². The normalized spacial score (nSPS) is 13.2. The van der Waals surface area contributed by atoms with Gasteiger partial charge in [0.25, 0.3) is 11.1 Å². The fourth-order valence-electron chi connectivity index (χ4n) is 2.62. The first kappa shape index (κ1) is 22.7. The molecule has 0 aliphatic rings. The lowest BCUT2D eigenvalue weighted by Crippen LogP contribution is -2.40. The predicted octanol–water partition coefficient (Wildman–Crippen LogP) is 3.13. The van der Waals surface area contributed by atoms with E-state index in [9.17, 15) is 44.7 Å². The maximum atomic E-state index is 13.6. The zero-order valence-corrected chi connectivity index (χ0v) is 15.4. The van der Waals surface area contributed by atoms with E-state index < -0.39 is 64.5 Å². The van der Waals surface area contributed by atoms with Crippen LogP contribution in [0.3, 0.4) is 0 Å². The molecular weight excluding hydrogens is 470 g/mol. The van der Waals surface area contributed by atoms with Gasteiger partial charge in [0.1, 0.15) is 12.5 Å². The van der Waals surface area contributed by atoms with Crippen molar-refractivity contribution in [3.05, 3.63) is 51.1 Å². The third-order valence-corrected chi connectivity index (χ3v) is 4.29. The van der Waals surface area contributed by atoms with Gasteiger partial charge in [0, 0.05) is 24.0 Å². The molecule has 0 spiro atoms. The molecule has 3 rings (SSSR count). The van der Waals surface area contributed by atoms with E-state index in [0.717, 1.165) is 12.3 Å². The van der Waals surface area contributed by atoms with Crippen molar-refractivity contribution >= 4 is 17.4 Å². The molecule has 0 atom stereocenters. The summed E-state index contributed by atoms with van der Waals surface area (Å²) in [4.78, 5) is 27.8. The maximum Gasteiger partial charge on any atom is 0.455 e. The molecule has 0 amide bonds. The summed E-state index contributed by atoms with van der Waals surface area (Å²) in [5.74, 6) is -5.98. The van der Waals surface area contributed by atoms with Gasteiger partial charge >= 0.3 is 18.3 Å². The van der Waals surface area contributed by atoms with Crippen LogP contribution in [0.15, 0.2) is 34.2 Å². The average molecular weight is 478 g/mol. The smallest absolute Gasteiger partial charge is 0.269 e. The van der Waals surface area contributed by atoms with Gasteiger partial charge in [0.2, 0.25) is 5.78 Å². The lowest BCUT2D eigenvalue weighted by atomic mass is 10.1. The van der Waals surface area contributed by atoms with Gasteiger partial charge in [0.05, 0.1) is 11.8 Å². The van der Waals surface area contributed by atoms with Crippen molar-refractivity contribution < 1.29 is 35.1 Å². The van der Waals surface area contributed by atoms with Crippen LogP contribution in [0.4, 0.5) is 35.1 Å². The summed E-state index contributed by atoms with van der Waals surface area (Å²) in [6.45, 7) is -2.02. The quantitative estimate of drug-likeness (QED) is 0.427. The number of aromatic nitrogens is 5. The second-order valence-electron chi connectivity index (χ2n) is 6.14. The minimum atomic E-state index is -5.93. The average Bonchev–Trinajstić information content (AvgIpc) is 3.06. The fourth-order valence-corrected chi connectivity index (χ4v) is 2.85. The maximum absolute atomic E-state index is 13.6. The molecule has 31 heavy (non-hydrogen) atoms. The zero-order valence-electron chi connectivity index (χ0n) is 14.7. The molecule has 0 unspecified atom stereocenters. The Morgan fingerprint density at radius 1 is 1.03 bits per heavy atom. The number of fused-ring (bicyclic) bond motifs is 1. The van der Waals surface area contributed by atoms with Gasteiger partial charge in [-0.15, -0.1) is 11.6 Å². The van der Waals surface area contributed by atoms with E-state index in [0.29, 0.717) is 21.4 Å². The van der Waals surface area contributed by atoms with Crippen LogP contribution in [0.25, 0.3) is 16.9 Å². The standard InChI is InChI=1S/C15H8ClF8N5O2/c16-6-29-8(30)1-2-28-11(31)9(10(14(19,20)21)26-12(28)29)7-3-25-27(4-7)5-13(17,18)15(22,23)24/h1-4H,5-6H2. The summed E-state index contributed by atoms with van der Waals surface area (Å²) < 4.78 is 105. The molecule has 16 heteroatoms. The molecule has 3 aromatic heterocycles. The van der Waals surface area contributed by atoms with E-state index in [1.807, 2.05) is 0 Å².